The molecule has 5 heteroatoms. The summed E-state index contributed by atoms with van der Waals surface area (Å²) in [5.74, 6) is 1.68. The van der Waals surface area contributed by atoms with Gasteiger partial charge in [0.1, 0.15) is 0 Å². The summed E-state index contributed by atoms with van der Waals surface area (Å²) < 4.78 is 5.69. The van der Waals surface area contributed by atoms with Gasteiger partial charge < -0.3 is 15.4 Å². The van der Waals surface area contributed by atoms with E-state index in [4.69, 9.17) is 4.74 Å². The van der Waals surface area contributed by atoms with E-state index in [0.717, 1.165) is 38.6 Å². The van der Waals surface area contributed by atoms with Gasteiger partial charge in [-0.25, -0.2) is 0 Å². The molecule has 3 aliphatic rings. The molecule has 1 saturated carbocycles. The number of guanidine groups is 1. The number of nitrogens with one attached hydrogen (secondary N) is 2. The summed E-state index contributed by atoms with van der Waals surface area (Å²) in [6.45, 7) is 5.20. The van der Waals surface area contributed by atoms with Gasteiger partial charge in [0.15, 0.2) is 5.96 Å². The molecular weight excluding hydrogens is 360 g/mol. The molecule has 4 rings (SSSR count). The van der Waals surface area contributed by atoms with Gasteiger partial charge in [0.2, 0.25) is 0 Å². The van der Waals surface area contributed by atoms with Crippen molar-refractivity contribution in [2.75, 3.05) is 39.9 Å². The van der Waals surface area contributed by atoms with Crippen LogP contribution in [0.3, 0.4) is 0 Å². The molecule has 160 valence electrons. The van der Waals surface area contributed by atoms with Crippen LogP contribution in [-0.2, 0) is 4.74 Å². The van der Waals surface area contributed by atoms with E-state index in [-0.39, 0.29) is 5.54 Å². The van der Waals surface area contributed by atoms with Crippen molar-refractivity contribution >= 4 is 5.96 Å². The number of benzene rings is 1. The molecule has 5 nitrogen and oxygen atoms in total. The lowest BCUT2D eigenvalue weighted by molar-refractivity contribution is -0.0164. The standard InChI is InChI=1S/C24H38N4O/c1-25-23(26-19-24(13-17-29-18-14-24)28-15-5-6-16-28)27-22-11-9-21(10-12-22)20-7-3-2-4-8-20/h2-4,7-8,21-22H,5-6,9-19H2,1H3,(H2,25,26,27). The van der Waals surface area contributed by atoms with Crippen LogP contribution in [0.2, 0.25) is 0 Å². The van der Waals surface area contributed by atoms with E-state index in [9.17, 15) is 0 Å². The molecule has 0 unspecified atom stereocenters. The van der Waals surface area contributed by atoms with E-state index < -0.39 is 0 Å². The Hall–Kier alpha value is -1.59. The van der Waals surface area contributed by atoms with Crippen LogP contribution in [0.15, 0.2) is 35.3 Å². The van der Waals surface area contributed by atoms with Gasteiger partial charge in [0, 0.05) is 38.4 Å². The first-order chi connectivity index (χ1) is 14.3. The second-order valence-corrected chi connectivity index (χ2v) is 9.06. The zero-order valence-electron chi connectivity index (χ0n) is 18.0. The lowest BCUT2D eigenvalue weighted by atomic mass is 9.82. The Morgan fingerprint density at radius 2 is 1.76 bits per heavy atom. The highest BCUT2D eigenvalue weighted by Gasteiger charge is 2.39. The van der Waals surface area contributed by atoms with Crippen LogP contribution < -0.4 is 10.6 Å². The molecule has 2 aliphatic heterocycles. The Morgan fingerprint density at radius 1 is 1.07 bits per heavy atom. The Labute approximate surface area is 176 Å². The number of hydrogen-bond donors (Lipinski definition) is 2. The van der Waals surface area contributed by atoms with E-state index >= 15 is 0 Å². The topological polar surface area (TPSA) is 48.9 Å². The maximum Gasteiger partial charge on any atom is 0.191 e. The van der Waals surface area contributed by atoms with Crippen molar-refractivity contribution in [2.45, 2.75) is 68.9 Å². The Kier molecular flexibility index (Phi) is 7.09. The second-order valence-electron chi connectivity index (χ2n) is 9.06. The minimum atomic E-state index is 0.233. The lowest BCUT2D eigenvalue weighted by Gasteiger charge is -2.45. The fourth-order valence-electron chi connectivity index (χ4n) is 5.48. The smallest absolute Gasteiger partial charge is 0.191 e. The quantitative estimate of drug-likeness (QED) is 0.589. The van der Waals surface area contributed by atoms with Crippen molar-refractivity contribution in [2.24, 2.45) is 4.99 Å². The number of ether oxygens (including phenoxy) is 1. The average Bonchev–Trinajstić information content (AvgIpc) is 3.34. The van der Waals surface area contributed by atoms with Gasteiger partial charge in [-0.15, -0.1) is 0 Å². The van der Waals surface area contributed by atoms with Gasteiger partial charge in [-0.1, -0.05) is 30.3 Å². The van der Waals surface area contributed by atoms with Crippen LogP contribution in [0.25, 0.3) is 0 Å². The highest BCUT2D eigenvalue weighted by Crippen LogP contribution is 2.33. The summed E-state index contributed by atoms with van der Waals surface area (Å²) in [4.78, 5) is 7.26. The van der Waals surface area contributed by atoms with E-state index in [2.05, 4.69) is 50.9 Å². The first-order valence-corrected chi connectivity index (χ1v) is 11.6. The second kappa shape index (κ2) is 9.94. The van der Waals surface area contributed by atoms with Crippen LogP contribution >= 0.6 is 0 Å². The number of hydrogen-bond acceptors (Lipinski definition) is 3. The third-order valence-electron chi connectivity index (χ3n) is 7.35. The number of rotatable bonds is 5. The van der Waals surface area contributed by atoms with E-state index in [1.54, 1.807) is 0 Å². The Bertz CT molecular complexity index is 642. The zero-order chi connectivity index (χ0) is 19.9. The third-order valence-corrected chi connectivity index (χ3v) is 7.35. The van der Waals surface area contributed by atoms with E-state index in [0.29, 0.717) is 12.0 Å². The van der Waals surface area contributed by atoms with Crippen LogP contribution in [0.5, 0.6) is 0 Å². The van der Waals surface area contributed by atoms with Crippen molar-refractivity contribution in [1.29, 1.82) is 0 Å². The minimum Gasteiger partial charge on any atom is -0.381 e. The summed E-state index contributed by atoms with van der Waals surface area (Å²) in [6, 6.07) is 11.5. The minimum absolute atomic E-state index is 0.233. The largest absolute Gasteiger partial charge is 0.381 e. The van der Waals surface area contributed by atoms with Gasteiger partial charge in [0.25, 0.3) is 0 Å². The van der Waals surface area contributed by atoms with Gasteiger partial charge in [-0.3, -0.25) is 9.89 Å². The molecule has 0 atom stereocenters. The number of nitrogens with zero attached hydrogens (tertiary/aromatic N) is 2. The van der Waals surface area contributed by atoms with Gasteiger partial charge in [0.05, 0.1) is 0 Å². The van der Waals surface area contributed by atoms with Crippen molar-refractivity contribution in [1.82, 2.24) is 15.5 Å². The molecule has 0 radical (unpaired) electrons. The fourth-order valence-corrected chi connectivity index (χ4v) is 5.48. The third kappa shape index (κ3) is 5.13. The molecule has 0 amide bonds. The monoisotopic (exact) mass is 398 g/mol. The molecule has 29 heavy (non-hydrogen) atoms. The fraction of sp³-hybridized carbons (Fsp3) is 0.708. The summed E-state index contributed by atoms with van der Waals surface area (Å²) >= 11 is 0. The molecule has 2 saturated heterocycles. The molecule has 0 spiro atoms. The predicted octanol–water partition coefficient (Wildman–Crippen LogP) is 3.52. The first-order valence-electron chi connectivity index (χ1n) is 11.6. The van der Waals surface area contributed by atoms with Crippen molar-refractivity contribution in [3.8, 4) is 0 Å². The van der Waals surface area contributed by atoms with Crippen molar-refractivity contribution in [3.63, 3.8) is 0 Å². The Balaban J connectivity index is 1.28. The van der Waals surface area contributed by atoms with E-state index in [1.165, 1.54) is 57.2 Å². The summed E-state index contributed by atoms with van der Waals surface area (Å²) in [6.07, 6.45) is 9.86. The average molecular weight is 399 g/mol. The molecular formula is C24H38N4O. The lowest BCUT2D eigenvalue weighted by Crippen LogP contribution is -2.59. The molecule has 2 heterocycles. The maximum atomic E-state index is 5.69. The van der Waals surface area contributed by atoms with Crippen molar-refractivity contribution < 1.29 is 4.74 Å². The molecule has 1 aliphatic carbocycles. The maximum absolute atomic E-state index is 5.69. The molecule has 0 bridgehead atoms. The first kappa shape index (κ1) is 20.7. The van der Waals surface area contributed by atoms with Crippen LogP contribution in [0.1, 0.15) is 62.8 Å². The van der Waals surface area contributed by atoms with Crippen LogP contribution in [0.4, 0.5) is 0 Å². The molecule has 1 aromatic carbocycles. The summed E-state index contributed by atoms with van der Waals surface area (Å²) in [5, 5.41) is 7.40. The van der Waals surface area contributed by atoms with Crippen molar-refractivity contribution in [3.05, 3.63) is 35.9 Å². The highest BCUT2D eigenvalue weighted by atomic mass is 16.5. The molecule has 2 N–H and O–H groups in total. The molecule has 1 aromatic rings. The molecule has 3 fully saturated rings. The van der Waals surface area contributed by atoms with Crippen LogP contribution in [-0.4, -0.2) is 62.3 Å². The molecule has 0 aromatic heterocycles. The summed E-state index contributed by atoms with van der Waals surface area (Å²) in [5.41, 5.74) is 1.73. The predicted molar refractivity (Wildman–Crippen MR) is 120 cm³/mol. The highest BCUT2D eigenvalue weighted by molar-refractivity contribution is 5.80. The zero-order valence-corrected chi connectivity index (χ0v) is 18.0. The summed E-state index contributed by atoms with van der Waals surface area (Å²) in [7, 11) is 1.90. The number of aliphatic imine (C=N–C) groups is 1. The SMILES string of the molecule is CN=C(NCC1(N2CCCC2)CCOCC1)NC1CCC(c2ccccc2)CC1. The number of likely N-dealkylation sites (tertiary alicyclic amines) is 1. The van der Waals surface area contributed by atoms with Gasteiger partial charge in [-0.2, -0.15) is 0 Å². The van der Waals surface area contributed by atoms with Gasteiger partial charge in [-0.05, 0) is 75.9 Å². The van der Waals surface area contributed by atoms with Gasteiger partial charge >= 0.3 is 0 Å². The Morgan fingerprint density at radius 3 is 2.41 bits per heavy atom. The van der Waals surface area contributed by atoms with Crippen LogP contribution in [0, 0.1) is 0 Å². The van der Waals surface area contributed by atoms with E-state index in [1.807, 2.05) is 7.05 Å². The normalized spacial score (nSPS) is 28.2.